The topological polar surface area (TPSA) is 91.6 Å². The van der Waals surface area contributed by atoms with Crippen molar-refractivity contribution in [1.82, 2.24) is 10.6 Å². The molecule has 0 radical (unpaired) electrons. The van der Waals surface area contributed by atoms with E-state index >= 15 is 0 Å². The van der Waals surface area contributed by atoms with Gasteiger partial charge in [-0.3, -0.25) is 9.59 Å². The summed E-state index contributed by atoms with van der Waals surface area (Å²) in [6, 6.07) is 2.41. The third-order valence-electron chi connectivity index (χ3n) is 2.74. The number of hydrogen-bond acceptors (Lipinski definition) is 4. The Kier molecular flexibility index (Phi) is 5.57. The number of rotatable bonds is 6. The van der Waals surface area contributed by atoms with Crippen molar-refractivity contribution in [2.45, 2.75) is 32.9 Å². The van der Waals surface area contributed by atoms with E-state index in [0.29, 0.717) is 0 Å². The highest BCUT2D eigenvalue weighted by Crippen LogP contribution is 2.01. The van der Waals surface area contributed by atoms with Crippen LogP contribution in [0.15, 0.2) is 22.8 Å². The van der Waals surface area contributed by atoms with Crippen LogP contribution in [0.2, 0.25) is 0 Å². The summed E-state index contributed by atoms with van der Waals surface area (Å²) in [5, 5.41) is 14.7. The second kappa shape index (κ2) is 6.94. The van der Waals surface area contributed by atoms with Gasteiger partial charge < -0.3 is 20.2 Å². The summed E-state index contributed by atoms with van der Waals surface area (Å²) < 4.78 is 4.92. The van der Waals surface area contributed by atoms with Gasteiger partial charge in [0.1, 0.15) is 6.04 Å². The molecule has 0 bridgehead atoms. The molecule has 0 aliphatic rings. The minimum atomic E-state index is -0.697. The summed E-state index contributed by atoms with van der Waals surface area (Å²) in [7, 11) is 0. The maximum Gasteiger partial charge on any atom is 0.287 e. The molecule has 2 unspecified atom stereocenters. The second-order valence-corrected chi connectivity index (χ2v) is 4.73. The van der Waals surface area contributed by atoms with Gasteiger partial charge in [0.2, 0.25) is 5.91 Å². The van der Waals surface area contributed by atoms with E-state index in [2.05, 4.69) is 10.6 Å². The van der Waals surface area contributed by atoms with E-state index in [-0.39, 0.29) is 24.1 Å². The quantitative estimate of drug-likeness (QED) is 0.702. The standard InChI is InChI=1S/C13H20N2O4/c1-8(2)10(16)7-14-12(17)9(3)15-13(18)11-5-4-6-19-11/h4-6,8-10,16H,7H2,1-3H3,(H,14,17)(H,15,18). The lowest BCUT2D eigenvalue weighted by Gasteiger charge is -2.17. The first-order valence-corrected chi connectivity index (χ1v) is 6.22. The molecule has 0 aliphatic heterocycles. The van der Waals surface area contributed by atoms with Gasteiger partial charge in [0.05, 0.1) is 12.4 Å². The number of aliphatic hydroxyl groups excluding tert-OH is 1. The molecule has 0 saturated heterocycles. The molecule has 106 valence electrons. The first-order valence-electron chi connectivity index (χ1n) is 6.22. The van der Waals surface area contributed by atoms with Crippen LogP contribution in [0.3, 0.4) is 0 Å². The van der Waals surface area contributed by atoms with Crippen LogP contribution in [0.4, 0.5) is 0 Å². The Morgan fingerprint density at radius 2 is 2.05 bits per heavy atom. The van der Waals surface area contributed by atoms with Crippen molar-refractivity contribution in [3.63, 3.8) is 0 Å². The van der Waals surface area contributed by atoms with Crippen molar-refractivity contribution in [2.75, 3.05) is 6.54 Å². The summed E-state index contributed by atoms with van der Waals surface area (Å²) in [5.41, 5.74) is 0. The molecule has 2 amide bonds. The molecule has 0 saturated carbocycles. The van der Waals surface area contributed by atoms with Crippen LogP contribution in [0, 0.1) is 5.92 Å². The summed E-state index contributed by atoms with van der Waals surface area (Å²) in [4.78, 5) is 23.3. The minimum Gasteiger partial charge on any atom is -0.459 e. The van der Waals surface area contributed by atoms with Crippen molar-refractivity contribution in [3.05, 3.63) is 24.2 Å². The lowest BCUT2D eigenvalue weighted by molar-refractivity contribution is -0.123. The number of hydrogen-bond donors (Lipinski definition) is 3. The monoisotopic (exact) mass is 268 g/mol. The van der Waals surface area contributed by atoms with E-state index in [1.54, 1.807) is 13.0 Å². The molecule has 6 heteroatoms. The van der Waals surface area contributed by atoms with Gasteiger partial charge in [-0.15, -0.1) is 0 Å². The molecule has 3 N–H and O–H groups in total. The summed E-state index contributed by atoms with van der Waals surface area (Å²) in [6.07, 6.45) is 0.787. The van der Waals surface area contributed by atoms with Crippen molar-refractivity contribution in [1.29, 1.82) is 0 Å². The van der Waals surface area contributed by atoms with Crippen LogP contribution >= 0.6 is 0 Å². The second-order valence-electron chi connectivity index (χ2n) is 4.73. The van der Waals surface area contributed by atoms with Gasteiger partial charge in [-0.05, 0) is 25.0 Å². The minimum absolute atomic E-state index is 0.0633. The third kappa shape index (κ3) is 4.75. The van der Waals surface area contributed by atoms with E-state index in [1.807, 2.05) is 13.8 Å². The Balaban J connectivity index is 2.39. The Bertz CT molecular complexity index is 414. The number of nitrogens with one attached hydrogen (secondary N) is 2. The molecule has 2 atom stereocenters. The first-order chi connectivity index (χ1) is 8.91. The molecule has 6 nitrogen and oxygen atoms in total. The number of aliphatic hydroxyl groups is 1. The van der Waals surface area contributed by atoms with Crippen LogP contribution < -0.4 is 10.6 Å². The van der Waals surface area contributed by atoms with Crippen molar-refractivity contribution in [3.8, 4) is 0 Å². The Labute approximate surface area is 112 Å². The predicted octanol–water partition coefficient (Wildman–Crippen LogP) is 0.531. The van der Waals surface area contributed by atoms with Crippen molar-refractivity contribution < 1.29 is 19.1 Å². The highest BCUT2D eigenvalue weighted by molar-refractivity contribution is 5.95. The average molecular weight is 268 g/mol. The smallest absolute Gasteiger partial charge is 0.287 e. The third-order valence-corrected chi connectivity index (χ3v) is 2.74. The maximum absolute atomic E-state index is 11.7. The van der Waals surface area contributed by atoms with Crippen LogP contribution in [0.25, 0.3) is 0 Å². The molecule has 1 heterocycles. The number of furan rings is 1. The van der Waals surface area contributed by atoms with Crippen molar-refractivity contribution in [2.24, 2.45) is 5.92 Å². The number of carbonyl (C=O) groups excluding carboxylic acids is 2. The zero-order valence-electron chi connectivity index (χ0n) is 11.3. The summed E-state index contributed by atoms with van der Waals surface area (Å²) in [6.45, 7) is 5.45. The van der Waals surface area contributed by atoms with E-state index in [0.717, 1.165) is 0 Å². The van der Waals surface area contributed by atoms with E-state index in [1.165, 1.54) is 12.3 Å². The zero-order chi connectivity index (χ0) is 14.4. The Hall–Kier alpha value is -1.82. The molecule has 0 fully saturated rings. The molecule has 0 spiro atoms. The van der Waals surface area contributed by atoms with Crippen LogP contribution in [-0.2, 0) is 4.79 Å². The zero-order valence-corrected chi connectivity index (χ0v) is 11.3. The molecule has 1 aromatic rings. The fourth-order valence-corrected chi connectivity index (χ4v) is 1.34. The van der Waals surface area contributed by atoms with Crippen molar-refractivity contribution >= 4 is 11.8 Å². The van der Waals surface area contributed by atoms with Crippen LogP contribution in [0.5, 0.6) is 0 Å². The SMILES string of the molecule is CC(NC(=O)c1ccco1)C(=O)NCC(O)C(C)C. The molecule has 1 aromatic heterocycles. The molecule has 0 aliphatic carbocycles. The highest BCUT2D eigenvalue weighted by atomic mass is 16.3. The average Bonchev–Trinajstić information content (AvgIpc) is 2.88. The molecule has 1 rings (SSSR count). The van der Waals surface area contributed by atoms with Crippen LogP contribution in [0.1, 0.15) is 31.3 Å². The van der Waals surface area contributed by atoms with E-state index in [9.17, 15) is 14.7 Å². The first kappa shape index (κ1) is 15.2. The van der Waals surface area contributed by atoms with Gasteiger partial charge in [0.15, 0.2) is 5.76 Å². The van der Waals surface area contributed by atoms with Gasteiger partial charge in [-0.25, -0.2) is 0 Å². The van der Waals surface area contributed by atoms with E-state index < -0.39 is 18.1 Å². The number of amides is 2. The number of carbonyl (C=O) groups is 2. The normalized spacial score (nSPS) is 13.9. The predicted molar refractivity (Wildman–Crippen MR) is 69.5 cm³/mol. The lowest BCUT2D eigenvalue weighted by atomic mass is 10.1. The fraction of sp³-hybridized carbons (Fsp3) is 0.538. The van der Waals surface area contributed by atoms with E-state index in [4.69, 9.17) is 4.42 Å². The molecular formula is C13H20N2O4. The van der Waals surface area contributed by atoms with Gasteiger partial charge in [-0.2, -0.15) is 0 Å². The Morgan fingerprint density at radius 1 is 1.37 bits per heavy atom. The molecular weight excluding hydrogens is 248 g/mol. The van der Waals surface area contributed by atoms with Gasteiger partial charge in [-0.1, -0.05) is 13.8 Å². The van der Waals surface area contributed by atoms with Gasteiger partial charge >= 0.3 is 0 Å². The summed E-state index contributed by atoms with van der Waals surface area (Å²) >= 11 is 0. The van der Waals surface area contributed by atoms with Gasteiger partial charge in [0, 0.05) is 6.54 Å². The molecule has 0 aromatic carbocycles. The van der Waals surface area contributed by atoms with Gasteiger partial charge in [0.25, 0.3) is 5.91 Å². The lowest BCUT2D eigenvalue weighted by Crippen LogP contribution is -2.47. The summed E-state index contributed by atoms with van der Waals surface area (Å²) in [5.74, 6) is -0.577. The Morgan fingerprint density at radius 3 is 2.58 bits per heavy atom. The largest absolute Gasteiger partial charge is 0.459 e. The van der Waals surface area contributed by atoms with Crippen LogP contribution in [-0.4, -0.2) is 35.6 Å². The highest BCUT2D eigenvalue weighted by Gasteiger charge is 2.19. The molecule has 19 heavy (non-hydrogen) atoms. The maximum atomic E-state index is 11.7. The fourth-order valence-electron chi connectivity index (χ4n) is 1.34.